The third-order valence-corrected chi connectivity index (χ3v) is 2.07. The summed E-state index contributed by atoms with van der Waals surface area (Å²) >= 11 is 0. The largest absolute Gasteiger partial charge is 0.483 e. The van der Waals surface area contributed by atoms with E-state index in [0.717, 1.165) is 11.1 Å². The summed E-state index contributed by atoms with van der Waals surface area (Å²) in [6.07, 6.45) is 0. The lowest BCUT2D eigenvalue weighted by Gasteiger charge is -2.10. The molecular weight excluding hydrogens is 220 g/mol. The fourth-order valence-corrected chi connectivity index (χ4v) is 1.30. The molecule has 5 heteroatoms. The first-order chi connectivity index (χ1) is 7.99. The molecule has 0 saturated heterocycles. The Kier molecular flexibility index (Phi) is 4.51. The lowest BCUT2D eigenvalue weighted by molar-refractivity contribution is -0.129. The Hall–Kier alpha value is -2.04. The van der Waals surface area contributed by atoms with E-state index >= 15 is 0 Å². The van der Waals surface area contributed by atoms with Crippen LogP contribution >= 0.6 is 0 Å². The van der Waals surface area contributed by atoms with E-state index in [4.69, 9.17) is 4.74 Å². The molecule has 0 fully saturated rings. The molecule has 0 bridgehead atoms. The van der Waals surface area contributed by atoms with E-state index in [9.17, 15) is 9.59 Å². The number of rotatable bonds is 3. The van der Waals surface area contributed by atoms with Gasteiger partial charge in [0.05, 0.1) is 0 Å². The SMILES string of the molecule is CC(=O)NNC(=O)COc1ccc(C)cc1C. The minimum atomic E-state index is -0.403. The van der Waals surface area contributed by atoms with E-state index in [2.05, 4.69) is 10.9 Å². The number of hydrazine groups is 1. The molecule has 0 radical (unpaired) electrons. The van der Waals surface area contributed by atoms with Gasteiger partial charge in [-0.1, -0.05) is 17.7 Å². The van der Waals surface area contributed by atoms with E-state index < -0.39 is 5.91 Å². The van der Waals surface area contributed by atoms with Gasteiger partial charge >= 0.3 is 0 Å². The van der Waals surface area contributed by atoms with Crippen LogP contribution in [0.4, 0.5) is 0 Å². The second-order valence-electron chi connectivity index (χ2n) is 3.79. The van der Waals surface area contributed by atoms with Crippen LogP contribution in [0.25, 0.3) is 0 Å². The lowest BCUT2D eigenvalue weighted by Crippen LogP contribution is -2.42. The van der Waals surface area contributed by atoms with Crippen LogP contribution in [0.15, 0.2) is 18.2 Å². The zero-order valence-corrected chi connectivity index (χ0v) is 10.2. The molecule has 0 heterocycles. The molecule has 1 aromatic rings. The lowest BCUT2D eigenvalue weighted by atomic mass is 10.1. The van der Waals surface area contributed by atoms with E-state index in [-0.39, 0.29) is 12.5 Å². The molecule has 1 aromatic carbocycles. The van der Waals surface area contributed by atoms with Gasteiger partial charge in [-0.3, -0.25) is 20.4 Å². The standard InChI is InChI=1S/C12H16N2O3/c1-8-4-5-11(9(2)6-8)17-7-12(16)14-13-10(3)15/h4-6H,7H2,1-3H3,(H,13,15)(H,14,16). The predicted octanol–water partition coefficient (Wildman–Crippen LogP) is 0.850. The highest BCUT2D eigenvalue weighted by Crippen LogP contribution is 2.18. The van der Waals surface area contributed by atoms with Gasteiger partial charge in [-0.15, -0.1) is 0 Å². The molecule has 0 saturated carbocycles. The summed E-state index contributed by atoms with van der Waals surface area (Å²) in [5.41, 5.74) is 6.51. The van der Waals surface area contributed by atoms with Gasteiger partial charge in [-0.05, 0) is 25.5 Å². The van der Waals surface area contributed by atoms with Crippen LogP contribution in [-0.2, 0) is 9.59 Å². The minimum absolute atomic E-state index is 0.135. The van der Waals surface area contributed by atoms with Crippen molar-refractivity contribution < 1.29 is 14.3 Å². The second-order valence-corrected chi connectivity index (χ2v) is 3.79. The maximum absolute atomic E-state index is 11.2. The van der Waals surface area contributed by atoms with Crippen molar-refractivity contribution >= 4 is 11.8 Å². The highest BCUT2D eigenvalue weighted by Gasteiger charge is 2.04. The third kappa shape index (κ3) is 4.55. The Labute approximate surface area is 100 Å². The highest BCUT2D eigenvalue weighted by atomic mass is 16.5. The maximum atomic E-state index is 11.2. The van der Waals surface area contributed by atoms with Crippen LogP contribution in [0.1, 0.15) is 18.1 Å². The smallest absolute Gasteiger partial charge is 0.276 e. The van der Waals surface area contributed by atoms with Crippen LogP contribution in [0, 0.1) is 13.8 Å². The van der Waals surface area contributed by atoms with Gasteiger partial charge in [0.2, 0.25) is 5.91 Å². The third-order valence-electron chi connectivity index (χ3n) is 2.07. The van der Waals surface area contributed by atoms with Gasteiger partial charge in [0.15, 0.2) is 6.61 Å². The number of benzene rings is 1. The highest BCUT2D eigenvalue weighted by molar-refractivity contribution is 5.81. The first-order valence-electron chi connectivity index (χ1n) is 5.24. The molecule has 17 heavy (non-hydrogen) atoms. The summed E-state index contributed by atoms with van der Waals surface area (Å²) in [5.74, 6) is -0.0707. The zero-order chi connectivity index (χ0) is 12.8. The van der Waals surface area contributed by atoms with Crippen molar-refractivity contribution in [1.29, 1.82) is 0 Å². The number of ether oxygens (including phenoxy) is 1. The van der Waals surface area contributed by atoms with Gasteiger partial charge in [-0.25, -0.2) is 0 Å². The summed E-state index contributed by atoms with van der Waals surface area (Å²) < 4.78 is 5.32. The number of amides is 2. The zero-order valence-electron chi connectivity index (χ0n) is 10.2. The quantitative estimate of drug-likeness (QED) is 0.764. The fraction of sp³-hybridized carbons (Fsp3) is 0.333. The number of carbonyl (C=O) groups excluding carboxylic acids is 2. The molecular formula is C12H16N2O3. The van der Waals surface area contributed by atoms with Gasteiger partial charge < -0.3 is 4.74 Å². The number of hydrogen-bond acceptors (Lipinski definition) is 3. The Morgan fingerprint density at radius 2 is 1.94 bits per heavy atom. The Morgan fingerprint density at radius 3 is 2.53 bits per heavy atom. The number of nitrogens with one attached hydrogen (secondary N) is 2. The van der Waals surface area contributed by atoms with Crippen molar-refractivity contribution in [1.82, 2.24) is 10.9 Å². The normalized spacial score (nSPS) is 9.59. The van der Waals surface area contributed by atoms with Crippen molar-refractivity contribution in [2.24, 2.45) is 0 Å². The first-order valence-corrected chi connectivity index (χ1v) is 5.24. The van der Waals surface area contributed by atoms with Crippen molar-refractivity contribution in [2.45, 2.75) is 20.8 Å². The molecule has 0 unspecified atom stereocenters. The Morgan fingerprint density at radius 1 is 1.24 bits per heavy atom. The molecule has 0 aliphatic carbocycles. The number of carbonyl (C=O) groups is 2. The molecule has 0 aliphatic rings. The fourth-order valence-electron chi connectivity index (χ4n) is 1.30. The Balaban J connectivity index is 2.44. The van der Waals surface area contributed by atoms with Gasteiger partial charge in [0.1, 0.15) is 5.75 Å². The van der Waals surface area contributed by atoms with E-state index in [1.807, 2.05) is 32.0 Å². The van der Waals surface area contributed by atoms with Crippen LogP contribution in [-0.4, -0.2) is 18.4 Å². The summed E-state index contributed by atoms with van der Waals surface area (Å²) in [5, 5.41) is 0. The summed E-state index contributed by atoms with van der Waals surface area (Å²) in [6, 6.07) is 5.70. The molecule has 1 rings (SSSR count). The van der Waals surface area contributed by atoms with Crippen molar-refractivity contribution in [3.05, 3.63) is 29.3 Å². The summed E-state index contributed by atoms with van der Waals surface area (Å²) in [6.45, 7) is 5.07. The molecule has 0 atom stereocenters. The second kappa shape index (κ2) is 5.89. The van der Waals surface area contributed by atoms with Gasteiger partial charge in [-0.2, -0.15) is 0 Å². The number of hydrogen-bond donors (Lipinski definition) is 2. The first kappa shape index (κ1) is 13.0. The molecule has 92 valence electrons. The predicted molar refractivity (Wildman–Crippen MR) is 63.4 cm³/mol. The molecule has 0 spiro atoms. The van der Waals surface area contributed by atoms with Crippen LogP contribution in [0.3, 0.4) is 0 Å². The van der Waals surface area contributed by atoms with Crippen molar-refractivity contribution in [3.8, 4) is 5.75 Å². The molecule has 0 aliphatic heterocycles. The topological polar surface area (TPSA) is 67.4 Å². The van der Waals surface area contributed by atoms with Crippen LogP contribution < -0.4 is 15.6 Å². The van der Waals surface area contributed by atoms with E-state index in [0.29, 0.717) is 5.75 Å². The summed E-state index contributed by atoms with van der Waals surface area (Å²) in [4.78, 5) is 21.8. The van der Waals surface area contributed by atoms with E-state index in [1.54, 1.807) is 0 Å². The molecule has 2 N–H and O–H groups in total. The van der Waals surface area contributed by atoms with Crippen molar-refractivity contribution in [3.63, 3.8) is 0 Å². The maximum Gasteiger partial charge on any atom is 0.276 e. The van der Waals surface area contributed by atoms with E-state index in [1.165, 1.54) is 6.92 Å². The Bertz CT molecular complexity index is 430. The summed E-state index contributed by atoms with van der Waals surface area (Å²) in [7, 11) is 0. The average Bonchev–Trinajstić information content (AvgIpc) is 2.25. The average molecular weight is 236 g/mol. The molecule has 2 amide bonds. The molecule has 5 nitrogen and oxygen atoms in total. The number of aryl methyl sites for hydroxylation is 2. The van der Waals surface area contributed by atoms with Gasteiger partial charge in [0.25, 0.3) is 5.91 Å². The van der Waals surface area contributed by atoms with Crippen LogP contribution in [0.2, 0.25) is 0 Å². The van der Waals surface area contributed by atoms with Crippen LogP contribution in [0.5, 0.6) is 5.75 Å². The van der Waals surface area contributed by atoms with Crippen molar-refractivity contribution in [2.75, 3.05) is 6.61 Å². The molecule has 0 aromatic heterocycles. The minimum Gasteiger partial charge on any atom is -0.483 e. The monoisotopic (exact) mass is 236 g/mol. The van der Waals surface area contributed by atoms with Gasteiger partial charge in [0, 0.05) is 6.92 Å².